The Bertz CT molecular complexity index is 1080. The summed E-state index contributed by atoms with van der Waals surface area (Å²) < 4.78 is 0. The van der Waals surface area contributed by atoms with Crippen molar-refractivity contribution in [3.63, 3.8) is 0 Å². The van der Waals surface area contributed by atoms with Crippen LogP contribution in [0.1, 0.15) is 34.5 Å². The second-order valence-electron chi connectivity index (χ2n) is 7.46. The summed E-state index contributed by atoms with van der Waals surface area (Å²) in [6.45, 7) is -0.539. The Morgan fingerprint density at radius 1 is 1.14 bits per heavy atom. The van der Waals surface area contributed by atoms with E-state index in [9.17, 15) is 33.9 Å². The van der Waals surface area contributed by atoms with Crippen LogP contribution < -0.4 is 22.1 Å². The van der Waals surface area contributed by atoms with Gasteiger partial charge in [-0.05, 0) is 24.9 Å². The Morgan fingerprint density at radius 3 is 2.43 bits per heavy atom. The van der Waals surface area contributed by atoms with Crippen molar-refractivity contribution in [2.24, 2.45) is 11.5 Å². The number of hydrogen-bond acceptors (Lipinski definition) is 10. The molecule has 1 heterocycles. The Morgan fingerprint density at radius 2 is 1.83 bits per heavy atom. The van der Waals surface area contributed by atoms with Crippen molar-refractivity contribution in [1.82, 2.24) is 15.6 Å². The first-order chi connectivity index (χ1) is 16.5. The van der Waals surface area contributed by atoms with Crippen LogP contribution >= 0.6 is 11.8 Å². The molecule has 2 atom stereocenters. The van der Waals surface area contributed by atoms with Crippen molar-refractivity contribution >= 4 is 52.8 Å². The van der Waals surface area contributed by atoms with Gasteiger partial charge in [-0.3, -0.25) is 28.8 Å². The molecule has 35 heavy (non-hydrogen) atoms. The molecule has 2 unspecified atom stereocenters. The van der Waals surface area contributed by atoms with Gasteiger partial charge < -0.3 is 42.4 Å². The number of nitrogens with one attached hydrogen (secondary N) is 3. The highest BCUT2D eigenvalue weighted by Gasteiger charge is 2.37. The fraction of sp³-hybridized carbons (Fsp3) is 0.400. The number of carboxylic acids is 2. The molecule has 1 aromatic rings. The summed E-state index contributed by atoms with van der Waals surface area (Å²) >= 11 is 0.618. The normalized spacial score (nSPS) is 14.8. The monoisotopic (exact) mass is 511 g/mol. The second-order valence-corrected chi connectivity index (χ2v) is 8.49. The molecule has 2 rings (SSSR count). The summed E-state index contributed by atoms with van der Waals surface area (Å²) in [5, 5.41) is 32.6. The van der Waals surface area contributed by atoms with Crippen molar-refractivity contribution in [3.8, 4) is 0 Å². The number of thioether (sulfide) groups is 1. The van der Waals surface area contributed by atoms with E-state index in [2.05, 4.69) is 15.6 Å². The van der Waals surface area contributed by atoms with Gasteiger partial charge in [0.1, 0.15) is 23.5 Å². The van der Waals surface area contributed by atoms with Gasteiger partial charge in [-0.25, -0.2) is 0 Å². The molecule has 0 saturated carbocycles. The molecule has 0 aromatic carbocycles. The number of amides is 2. The maximum absolute atomic E-state index is 12.6. The highest BCUT2D eigenvalue weighted by Crippen LogP contribution is 2.35. The average Bonchev–Trinajstić information content (AvgIpc) is 3.22. The lowest BCUT2D eigenvalue weighted by Gasteiger charge is -2.20. The fourth-order valence-electron chi connectivity index (χ4n) is 3.15. The third kappa shape index (κ3) is 6.91. The number of allylic oxidation sites excluding steroid dienone is 1. The number of rotatable bonds is 13. The number of carboxylic acid groups (broad SMARTS) is 2. The first kappa shape index (κ1) is 27.6. The minimum absolute atomic E-state index is 0.0149. The zero-order chi connectivity index (χ0) is 26.3. The third-order valence-corrected chi connectivity index (χ3v) is 6.09. The summed E-state index contributed by atoms with van der Waals surface area (Å²) in [4.78, 5) is 73.9. The predicted molar refractivity (Wildman–Crippen MR) is 122 cm³/mol. The number of hydrogen-bond donors (Lipinski definition) is 8. The summed E-state index contributed by atoms with van der Waals surface area (Å²) in [5.41, 5.74) is 11.4. The standard InChI is InChI=1S/C20H25N5O9S/c21-4-3-8-5-23-14-13(8)15(29)17(31)18(16(14)30)35-7-10(19(32)24-6-12(27)28)25-11(26)2-1-9(22)20(33)34/h5,9-10,23,30H,1-4,6-7,21-22H2,(H,24,32)(H,25,26)(H,27,28)(H,33,34). The number of aliphatic hydroxyl groups excluding tert-OH is 1. The molecule has 0 aliphatic heterocycles. The Labute approximate surface area is 202 Å². The Balaban J connectivity index is 2.20. The topological polar surface area (TPSA) is 255 Å². The molecular formula is C20H25N5O9S. The van der Waals surface area contributed by atoms with E-state index in [-0.39, 0.29) is 41.3 Å². The molecule has 2 amide bonds. The number of aliphatic carboxylic acids is 2. The van der Waals surface area contributed by atoms with E-state index < -0.39 is 59.7 Å². The molecule has 1 aliphatic carbocycles. The number of Topliss-reactive ketones (excluding diaryl/α,β-unsaturated/α-hetero) is 2. The van der Waals surface area contributed by atoms with Gasteiger partial charge in [-0.2, -0.15) is 0 Å². The molecule has 190 valence electrons. The minimum Gasteiger partial charge on any atom is -0.504 e. The number of fused-ring (bicyclic) bond motifs is 1. The molecular weight excluding hydrogens is 486 g/mol. The second kappa shape index (κ2) is 12.1. The molecule has 14 nitrogen and oxygen atoms in total. The first-order valence-electron chi connectivity index (χ1n) is 10.3. The maximum atomic E-state index is 12.6. The Hall–Kier alpha value is -3.69. The van der Waals surface area contributed by atoms with Crippen LogP contribution in [0.25, 0.3) is 5.76 Å². The van der Waals surface area contributed by atoms with Crippen molar-refractivity contribution in [2.45, 2.75) is 31.3 Å². The lowest BCUT2D eigenvalue weighted by molar-refractivity contribution is -0.139. The maximum Gasteiger partial charge on any atom is 0.322 e. The molecule has 0 spiro atoms. The van der Waals surface area contributed by atoms with E-state index in [1.165, 1.54) is 6.20 Å². The third-order valence-electron chi connectivity index (χ3n) is 4.93. The number of carbonyl (C=O) groups excluding carboxylic acids is 4. The lowest BCUT2D eigenvalue weighted by Crippen LogP contribution is -2.49. The van der Waals surface area contributed by atoms with Gasteiger partial charge >= 0.3 is 11.9 Å². The molecule has 1 aromatic heterocycles. The van der Waals surface area contributed by atoms with Gasteiger partial charge in [0, 0.05) is 18.4 Å². The van der Waals surface area contributed by atoms with E-state index in [0.29, 0.717) is 23.7 Å². The quantitative estimate of drug-likeness (QED) is 0.135. The zero-order valence-corrected chi connectivity index (χ0v) is 19.1. The molecule has 0 radical (unpaired) electrons. The fourth-order valence-corrected chi connectivity index (χ4v) is 4.18. The van der Waals surface area contributed by atoms with Crippen molar-refractivity contribution < 1.29 is 44.1 Å². The van der Waals surface area contributed by atoms with E-state index in [0.717, 1.165) is 0 Å². The summed E-state index contributed by atoms with van der Waals surface area (Å²) in [5.74, 6) is -7.07. The smallest absolute Gasteiger partial charge is 0.322 e. The van der Waals surface area contributed by atoms with Crippen LogP contribution in [0.4, 0.5) is 0 Å². The van der Waals surface area contributed by atoms with Crippen LogP contribution in [0.3, 0.4) is 0 Å². The molecule has 0 saturated heterocycles. The van der Waals surface area contributed by atoms with Gasteiger partial charge in [0.15, 0.2) is 5.76 Å². The van der Waals surface area contributed by atoms with Crippen molar-refractivity contribution in [1.29, 1.82) is 0 Å². The number of aliphatic hydroxyl groups is 1. The zero-order valence-electron chi connectivity index (χ0n) is 18.3. The van der Waals surface area contributed by atoms with Crippen molar-refractivity contribution in [2.75, 3.05) is 18.8 Å². The van der Waals surface area contributed by atoms with Gasteiger partial charge in [-0.15, -0.1) is 11.8 Å². The molecule has 0 bridgehead atoms. The summed E-state index contributed by atoms with van der Waals surface area (Å²) in [6, 6.07) is -2.68. The van der Waals surface area contributed by atoms with E-state index >= 15 is 0 Å². The molecule has 0 fully saturated rings. The first-order valence-corrected chi connectivity index (χ1v) is 11.3. The number of carbonyl (C=O) groups is 6. The van der Waals surface area contributed by atoms with Crippen molar-refractivity contribution in [3.05, 3.63) is 27.9 Å². The highest BCUT2D eigenvalue weighted by atomic mass is 32.2. The molecule has 15 heteroatoms. The van der Waals surface area contributed by atoms with E-state index in [4.69, 9.17) is 21.7 Å². The number of aromatic amines is 1. The number of ketones is 2. The molecule has 1 aliphatic rings. The SMILES string of the molecule is NCCc1c[nH]c2c1C(=O)C(=O)C(SCC(NC(=O)CCC(N)C(=O)O)C(=O)NCC(=O)O)=C2O. The predicted octanol–water partition coefficient (Wildman–Crippen LogP) is -1.88. The summed E-state index contributed by atoms with van der Waals surface area (Å²) in [7, 11) is 0. The Kier molecular flexibility index (Phi) is 9.56. The number of H-pyrrole nitrogens is 1. The average molecular weight is 512 g/mol. The van der Waals surface area contributed by atoms with E-state index in [1.807, 2.05) is 0 Å². The van der Waals surface area contributed by atoms with Crippen LogP contribution in [0, 0.1) is 0 Å². The van der Waals surface area contributed by atoms with Crippen LogP contribution in [0.2, 0.25) is 0 Å². The number of nitrogens with two attached hydrogens (primary N) is 2. The largest absolute Gasteiger partial charge is 0.504 e. The summed E-state index contributed by atoms with van der Waals surface area (Å²) in [6.07, 6.45) is 1.18. The molecule has 10 N–H and O–H groups in total. The van der Waals surface area contributed by atoms with Crippen LogP contribution in [-0.4, -0.2) is 86.5 Å². The number of aromatic nitrogens is 1. The van der Waals surface area contributed by atoms with Crippen LogP contribution in [0.5, 0.6) is 0 Å². The lowest BCUT2D eigenvalue weighted by atomic mass is 9.95. The van der Waals surface area contributed by atoms with Gasteiger partial charge in [-0.1, -0.05) is 0 Å². The minimum atomic E-state index is -1.38. The van der Waals surface area contributed by atoms with Crippen LogP contribution in [0.15, 0.2) is 11.1 Å². The van der Waals surface area contributed by atoms with E-state index in [1.54, 1.807) is 0 Å². The van der Waals surface area contributed by atoms with Gasteiger partial charge in [0.25, 0.3) is 0 Å². The van der Waals surface area contributed by atoms with Crippen LogP contribution in [-0.2, 0) is 30.4 Å². The van der Waals surface area contributed by atoms with Gasteiger partial charge in [0.2, 0.25) is 23.4 Å². The highest BCUT2D eigenvalue weighted by molar-refractivity contribution is 8.04. The van der Waals surface area contributed by atoms with Gasteiger partial charge in [0.05, 0.1) is 11.3 Å².